The normalized spacial score (nSPS) is 19.7. The molecule has 0 amide bonds. The van der Waals surface area contributed by atoms with Gasteiger partial charge in [-0.15, -0.1) is 0 Å². The number of nitrogens with one attached hydrogen (secondary N) is 1. The largest absolute Gasteiger partial charge is 0.317 e. The van der Waals surface area contributed by atoms with E-state index in [-0.39, 0.29) is 5.82 Å². The van der Waals surface area contributed by atoms with Gasteiger partial charge < -0.3 is 5.32 Å². The minimum absolute atomic E-state index is 0.154. The Balaban J connectivity index is 2.12. The van der Waals surface area contributed by atoms with E-state index in [1.165, 1.54) is 12.8 Å². The Morgan fingerprint density at radius 2 is 2.06 bits per heavy atom. The van der Waals surface area contributed by atoms with E-state index in [0.29, 0.717) is 16.3 Å². The molecule has 3 heteroatoms. The van der Waals surface area contributed by atoms with Gasteiger partial charge in [0.15, 0.2) is 0 Å². The zero-order valence-corrected chi connectivity index (χ0v) is 11.1. The number of piperidine rings is 1. The molecule has 16 heavy (non-hydrogen) atoms. The van der Waals surface area contributed by atoms with Gasteiger partial charge in [-0.3, -0.25) is 0 Å². The van der Waals surface area contributed by atoms with Crippen molar-refractivity contribution >= 4 is 15.9 Å². The Kier molecular flexibility index (Phi) is 3.98. The highest BCUT2D eigenvalue weighted by Crippen LogP contribution is 2.31. The zero-order chi connectivity index (χ0) is 11.5. The fraction of sp³-hybridized carbons (Fsp3) is 0.538. The highest BCUT2D eigenvalue weighted by molar-refractivity contribution is 9.10. The van der Waals surface area contributed by atoms with E-state index >= 15 is 0 Å². The molecule has 1 aliphatic rings. The quantitative estimate of drug-likeness (QED) is 0.874. The van der Waals surface area contributed by atoms with Crippen LogP contribution in [0, 0.1) is 11.7 Å². The van der Waals surface area contributed by atoms with Crippen molar-refractivity contribution in [3.63, 3.8) is 0 Å². The van der Waals surface area contributed by atoms with Crippen molar-refractivity contribution in [1.29, 1.82) is 0 Å². The van der Waals surface area contributed by atoms with Crippen LogP contribution in [0.15, 0.2) is 22.7 Å². The van der Waals surface area contributed by atoms with Gasteiger partial charge in [-0.2, -0.15) is 0 Å². The molecule has 0 aromatic heterocycles. The van der Waals surface area contributed by atoms with Crippen LogP contribution in [0.1, 0.15) is 31.2 Å². The average Bonchev–Trinajstić information content (AvgIpc) is 2.33. The summed E-state index contributed by atoms with van der Waals surface area (Å²) in [5, 5.41) is 3.36. The molecule has 1 saturated heterocycles. The summed E-state index contributed by atoms with van der Waals surface area (Å²) in [6.45, 7) is 4.39. The van der Waals surface area contributed by atoms with Crippen LogP contribution in [0.3, 0.4) is 0 Å². The number of rotatable bonds is 2. The van der Waals surface area contributed by atoms with Crippen LogP contribution in [0.4, 0.5) is 4.39 Å². The van der Waals surface area contributed by atoms with E-state index in [9.17, 15) is 4.39 Å². The van der Waals surface area contributed by atoms with Crippen molar-refractivity contribution in [3.05, 3.63) is 34.1 Å². The molecule has 1 aromatic rings. The molecule has 0 saturated carbocycles. The maximum atomic E-state index is 13.4. The topological polar surface area (TPSA) is 12.0 Å². The Labute approximate surface area is 105 Å². The Morgan fingerprint density at radius 3 is 2.69 bits per heavy atom. The summed E-state index contributed by atoms with van der Waals surface area (Å²) < 4.78 is 14.0. The van der Waals surface area contributed by atoms with Gasteiger partial charge in [0.25, 0.3) is 0 Å². The van der Waals surface area contributed by atoms with Gasteiger partial charge in [-0.1, -0.05) is 13.0 Å². The molecule has 1 aromatic carbocycles. The molecule has 1 fully saturated rings. The van der Waals surface area contributed by atoms with Crippen molar-refractivity contribution < 1.29 is 4.39 Å². The maximum absolute atomic E-state index is 13.4. The van der Waals surface area contributed by atoms with Crippen molar-refractivity contribution in [1.82, 2.24) is 5.32 Å². The van der Waals surface area contributed by atoms with Crippen LogP contribution >= 0.6 is 15.9 Å². The van der Waals surface area contributed by atoms with Gasteiger partial charge in [0.05, 0.1) is 4.47 Å². The van der Waals surface area contributed by atoms with Crippen LogP contribution in [-0.4, -0.2) is 13.1 Å². The molecule has 1 atom stereocenters. The van der Waals surface area contributed by atoms with Crippen LogP contribution < -0.4 is 5.32 Å². The molecular formula is C13H17BrFN. The van der Waals surface area contributed by atoms with E-state index in [1.807, 2.05) is 12.1 Å². The predicted octanol–water partition coefficient (Wildman–Crippen LogP) is 3.69. The van der Waals surface area contributed by atoms with Gasteiger partial charge in [0, 0.05) is 0 Å². The van der Waals surface area contributed by atoms with Gasteiger partial charge in [0.1, 0.15) is 5.82 Å². The fourth-order valence-electron chi connectivity index (χ4n) is 2.41. The van der Waals surface area contributed by atoms with E-state index in [0.717, 1.165) is 18.7 Å². The van der Waals surface area contributed by atoms with E-state index in [2.05, 4.69) is 28.2 Å². The molecule has 1 aliphatic heterocycles. The summed E-state index contributed by atoms with van der Waals surface area (Å²) in [6, 6.07) is 5.50. The molecular weight excluding hydrogens is 269 g/mol. The lowest BCUT2D eigenvalue weighted by atomic mass is 9.82. The summed E-state index contributed by atoms with van der Waals surface area (Å²) in [4.78, 5) is 0. The summed E-state index contributed by atoms with van der Waals surface area (Å²) in [6.07, 6.45) is 2.39. The first kappa shape index (κ1) is 12.1. The van der Waals surface area contributed by atoms with Gasteiger partial charge in [-0.05, 0) is 71.4 Å². The molecule has 2 rings (SSSR count). The van der Waals surface area contributed by atoms with Crippen molar-refractivity contribution in [3.8, 4) is 0 Å². The molecule has 1 unspecified atom stereocenters. The number of hydrogen-bond donors (Lipinski definition) is 1. The minimum Gasteiger partial charge on any atom is -0.317 e. The number of halogens is 2. The first-order valence-corrected chi connectivity index (χ1v) is 6.63. The Hall–Kier alpha value is -0.410. The smallest absolute Gasteiger partial charge is 0.137 e. The van der Waals surface area contributed by atoms with Crippen LogP contribution in [0.2, 0.25) is 0 Å². The fourth-order valence-corrected chi connectivity index (χ4v) is 2.66. The second-order valence-corrected chi connectivity index (χ2v) is 5.40. The molecule has 0 aliphatic carbocycles. The minimum atomic E-state index is -0.154. The van der Waals surface area contributed by atoms with E-state index in [4.69, 9.17) is 0 Å². The highest BCUT2D eigenvalue weighted by atomic mass is 79.9. The second-order valence-electron chi connectivity index (χ2n) is 4.55. The second kappa shape index (κ2) is 5.28. The lowest BCUT2D eigenvalue weighted by molar-refractivity contribution is 0.330. The number of hydrogen-bond acceptors (Lipinski definition) is 1. The lowest BCUT2D eigenvalue weighted by Gasteiger charge is -2.28. The van der Waals surface area contributed by atoms with Gasteiger partial charge >= 0.3 is 0 Å². The van der Waals surface area contributed by atoms with E-state index < -0.39 is 0 Å². The lowest BCUT2D eigenvalue weighted by Crippen LogP contribution is -2.30. The van der Waals surface area contributed by atoms with Crippen LogP contribution in [-0.2, 0) is 0 Å². The highest BCUT2D eigenvalue weighted by Gasteiger charge is 2.21. The average molecular weight is 286 g/mol. The third-order valence-electron chi connectivity index (χ3n) is 3.56. The SMILES string of the molecule is CC(c1ccc(Br)c(F)c1)C1CCNCC1. The number of benzene rings is 1. The molecule has 0 spiro atoms. The maximum Gasteiger partial charge on any atom is 0.137 e. The third-order valence-corrected chi connectivity index (χ3v) is 4.20. The standard InChI is InChI=1S/C13H17BrFN/c1-9(10-4-6-16-7-5-10)11-2-3-12(14)13(15)8-11/h2-3,8-10,16H,4-7H2,1H3. The Morgan fingerprint density at radius 1 is 1.38 bits per heavy atom. The van der Waals surface area contributed by atoms with Crippen molar-refractivity contribution in [2.45, 2.75) is 25.7 Å². The molecule has 0 radical (unpaired) electrons. The predicted molar refractivity (Wildman–Crippen MR) is 68.1 cm³/mol. The van der Waals surface area contributed by atoms with E-state index in [1.54, 1.807) is 6.07 Å². The molecule has 1 N–H and O–H groups in total. The zero-order valence-electron chi connectivity index (χ0n) is 9.47. The summed E-state index contributed by atoms with van der Waals surface area (Å²) in [5.74, 6) is 0.977. The third kappa shape index (κ3) is 2.64. The van der Waals surface area contributed by atoms with Crippen LogP contribution in [0.5, 0.6) is 0 Å². The summed E-state index contributed by atoms with van der Waals surface area (Å²) >= 11 is 3.19. The van der Waals surface area contributed by atoms with Crippen molar-refractivity contribution in [2.75, 3.05) is 13.1 Å². The molecule has 1 heterocycles. The molecule has 88 valence electrons. The van der Waals surface area contributed by atoms with Gasteiger partial charge in [-0.25, -0.2) is 4.39 Å². The summed E-state index contributed by atoms with van der Waals surface area (Å²) in [7, 11) is 0. The first-order valence-electron chi connectivity index (χ1n) is 5.84. The summed E-state index contributed by atoms with van der Waals surface area (Å²) in [5.41, 5.74) is 1.12. The molecule has 1 nitrogen and oxygen atoms in total. The van der Waals surface area contributed by atoms with Crippen LogP contribution in [0.25, 0.3) is 0 Å². The molecule has 0 bridgehead atoms. The monoisotopic (exact) mass is 285 g/mol. The Bertz CT molecular complexity index is 361. The van der Waals surface area contributed by atoms with Crippen molar-refractivity contribution in [2.24, 2.45) is 5.92 Å². The van der Waals surface area contributed by atoms with Gasteiger partial charge in [0.2, 0.25) is 0 Å². The first-order chi connectivity index (χ1) is 7.68.